The molecule has 2 atom stereocenters. The van der Waals surface area contributed by atoms with E-state index >= 15 is 0 Å². The Labute approximate surface area is 72.7 Å². The van der Waals surface area contributed by atoms with E-state index in [-0.39, 0.29) is 18.0 Å². The summed E-state index contributed by atoms with van der Waals surface area (Å²) in [7, 11) is 0. The molecule has 0 aromatic heterocycles. The minimum Gasteiger partial charge on any atom is -0.466 e. The average molecular weight is 172 g/mol. The number of carbonyl (C=O) groups is 1. The van der Waals surface area contributed by atoms with Crippen molar-refractivity contribution in [1.29, 1.82) is 0 Å². The van der Waals surface area contributed by atoms with Gasteiger partial charge >= 0.3 is 5.97 Å². The third kappa shape index (κ3) is 2.81. The Balaban J connectivity index is 2.46. The molecule has 0 amide bonds. The zero-order valence-corrected chi connectivity index (χ0v) is 7.45. The molecule has 1 heterocycles. The number of cyclic esters (lactones) is 1. The number of esters is 1. The van der Waals surface area contributed by atoms with Gasteiger partial charge in [-0.25, -0.2) is 0 Å². The number of aliphatic hydroxyl groups excluding tert-OH is 1. The second-order valence-electron chi connectivity index (χ2n) is 3.47. The van der Waals surface area contributed by atoms with Crippen LogP contribution in [0.4, 0.5) is 0 Å². The van der Waals surface area contributed by atoms with Crippen LogP contribution in [0.1, 0.15) is 32.6 Å². The summed E-state index contributed by atoms with van der Waals surface area (Å²) in [6.45, 7) is 2.40. The van der Waals surface area contributed by atoms with Crippen molar-refractivity contribution in [3.05, 3.63) is 0 Å². The number of aliphatic hydroxyl groups is 1. The van der Waals surface area contributed by atoms with E-state index in [1.807, 2.05) is 6.92 Å². The maximum Gasteiger partial charge on any atom is 0.306 e. The van der Waals surface area contributed by atoms with Gasteiger partial charge in [0, 0.05) is 0 Å². The lowest BCUT2D eigenvalue weighted by molar-refractivity contribution is -0.145. The van der Waals surface area contributed by atoms with E-state index in [2.05, 4.69) is 0 Å². The van der Waals surface area contributed by atoms with E-state index in [4.69, 9.17) is 4.74 Å². The number of hydrogen-bond acceptors (Lipinski definition) is 3. The van der Waals surface area contributed by atoms with Gasteiger partial charge in [0.2, 0.25) is 0 Å². The largest absolute Gasteiger partial charge is 0.466 e. The van der Waals surface area contributed by atoms with E-state index in [0.29, 0.717) is 13.0 Å². The summed E-state index contributed by atoms with van der Waals surface area (Å²) < 4.78 is 4.93. The van der Waals surface area contributed by atoms with E-state index in [0.717, 1.165) is 19.3 Å². The smallest absolute Gasteiger partial charge is 0.306 e. The molecule has 0 aliphatic carbocycles. The van der Waals surface area contributed by atoms with Gasteiger partial charge in [-0.1, -0.05) is 6.92 Å². The van der Waals surface area contributed by atoms with Crippen LogP contribution in [0.3, 0.4) is 0 Å². The first-order valence-electron chi connectivity index (χ1n) is 4.54. The predicted molar refractivity (Wildman–Crippen MR) is 44.6 cm³/mol. The highest BCUT2D eigenvalue weighted by Crippen LogP contribution is 2.16. The second-order valence-corrected chi connectivity index (χ2v) is 3.47. The van der Waals surface area contributed by atoms with Gasteiger partial charge < -0.3 is 9.84 Å². The summed E-state index contributed by atoms with van der Waals surface area (Å²) >= 11 is 0. The van der Waals surface area contributed by atoms with Crippen molar-refractivity contribution < 1.29 is 14.6 Å². The quantitative estimate of drug-likeness (QED) is 0.556. The number of carbonyl (C=O) groups excluding carboxylic acids is 1. The van der Waals surface area contributed by atoms with Gasteiger partial charge in [0.05, 0.1) is 19.1 Å². The second kappa shape index (κ2) is 4.45. The highest BCUT2D eigenvalue weighted by Gasteiger charge is 2.19. The molecule has 1 aliphatic rings. The molecule has 1 saturated heterocycles. The topological polar surface area (TPSA) is 46.5 Å². The molecule has 0 unspecified atom stereocenters. The standard InChI is InChI=1S/C9H16O3/c1-7-6-9(11)12-5-3-2-4-8(7)10/h7-8,10H,2-6H2,1H3/t7-,8-/m1/s1. The molecule has 1 rings (SSSR count). The molecule has 0 aromatic rings. The van der Waals surface area contributed by atoms with Crippen LogP contribution in [0.5, 0.6) is 0 Å². The lowest BCUT2D eigenvalue weighted by atomic mass is 9.97. The van der Waals surface area contributed by atoms with Gasteiger partial charge in [-0.2, -0.15) is 0 Å². The molecular formula is C9H16O3. The van der Waals surface area contributed by atoms with Crippen LogP contribution in [0.15, 0.2) is 0 Å². The third-order valence-electron chi connectivity index (χ3n) is 2.30. The monoisotopic (exact) mass is 172 g/mol. The van der Waals surface area contributed by atoms with Crippen LogP contribution in [-0.4, -0.2) is 23.8 Å². The Morgan fingerprint density at radius 2 is 2.25 bits per heavy atom. The van der Waals surface area contributed by atoms with Crippen molar-refractivity contribution in [3.63, 3.8) is 0 Å². The average Bonchev–Trinajstić information content (AvgIpc) is 2.07. The van der Waals surface area contributed by atoms with Gasteiger partial charge in [0.1, 0.15) is 0 Å². The molecule has 3 heteroatoms. The summed E-state index contributed by atoms with van der Waals surface area (Å²) in [5, 5.41) is 9.52. The third-order valence-corrected chi connectivity index (χ3v) is 2.30. The molecule has 1 N–H and O–H groups in total. The fraction of sp³-hybridized carbons (Fsp3) is 0.889. The van der Waals surface area contributed by atoms with Crippen molar-refractivity contribution >= 4 is 5.97 Å². The lowest BCUT2D eigenvalue weighted by Crippen LogP contribution is -2.20. The van der Waals surface area contributed by atoms with Crippen molar-refractivity contribution in [3.8, 4) is 0 Å². The summed E-state index contributed by atoms with van der Waals surface area (Å²) in [5.74, 6) is -0.140. The summed E-state index contributed by atoms with van der Waals surface area (Å²) in [6, 6.07) is 0. The Bertz CT molecular complexity index is 156. The molecule has 12 heavy (non-hydrogen) atoms. The minimum absolute atomic E-state index is 0.0376. The fourth-order valence-corrected chi connectivity index (χ4v) is 1.38. The van der Waals surface area contributed by atoms with Crippen LogP contribution < -0.4 is 0 Å². The molecule has 0 spiro atoms. The van der Waals surface area contributed by atoms with E-state index in [9.17, 15) is 9.90 Å². The van der Waals surface area contributed by atoms with Crippen molar-refractivity contribution in [1.82, 2.24) is 0 Å². The van der Waals surface area contributed by atoms with Crippen LogP contribution in [0.25, 0.3) is 0 Å². The molecule has 0 radical (unpaired) electrons. The van der Waals surface area contributed by atoms with Crippen LogP contribution in [-0.2, 0) is 9.53 Å². The first-order valence-corrected chi connectivity index (χ1v) is 4.54. The number of rotatable bonds is 0. The van der Waals surface area contributed by atoms with Gasteiger partial charge in [-0.05, 0) is 25.2 Å². The molecule has 0 bridgehead atoms. The lowest BCUT2D eigenvalue weighted by Gasteiger charge is -2.15. The number of hydrogen-bond donors (Lipinski definition) is 1. The zero-order valence-electron chi connectivity index (χ0n) is 7.45. The van der Waals surface area contributed by atoms with E-state index < -0.39 is 0 Å². The highest BCUT2D eigenvalue weighted by atomic mass is 16.5. The SMILES string of the molecule is C[C@@H]1CC(=O)OCCCC[C@H]1O. The van der Waals surface area contributed by atoms with Gasteiger partial charge in [0.25, 0.3) is 0 Å². The molecule has 1 aliphatic heterocycles. The maximum absolute atomic E-state index is 11.0. The predicted octanol–water partition coefficient (Wildman–Crippen LogP) is 1.10. The number of ether oxygens (including phenoxy) is 1. The minimum atomic E-state index is -0.337. The van der Waals surface area contributed by atoms with Crippen LogP contribution in [0, 0.1) is 5.92 Å². The summed E-state index contributed by atoms with van der Waals surface area (Å²) in [6.07, 6.45) is 2.61. The Morgan fingerprint density at radius 3 is 3.00 bits per heavy atom. The molecule has 0 aromatic carbocycles. The molecule has 70 valence electrons. The van der Waals surface area contributed by atoms with Gasteiger partial charge in [-0.3, -0.25) is 4.79 Å². The first-order chi connectivity index (χ1) is 5.70. The molecule has 3 nitrogen and oxygen atoms in total. The van der Waals surface area contributed by atoms with E-state index in [1.54, 1.807) is 0 Å². The van der Waals surface area contributed by atoms with Crippen LogP contribution >= 0.6 is 0 Å². The molecule has 1 fully saturated rings. The van der Waals surface area contributed by atoms with Crippen molar-refractivity contribution in [2.24, 2.45) is 5.92 Å². The summed E-state index contributed by atoms with van der Waals surface area (Å²) in [5.41, 5.74) is 0. The highest BCUT2D eigenvalue weighted by molar-refractivity contribution is 5.69. The fourth-order valence-electron chi connectivity index (χ4n) is 1.38. The molecular weight excluding hydrogens is 156 g/mol. The summed E-state index contributed by atoms with van der Waals surface area (Å²) in [4.78, 5) is 11.0. The maximum atomic E-state index is 11.0. The molecule has 0 saturated carbocycles. The van der Waals surface area contributed by atoms with E-state index in [1.165, 1.54) is 0 Å². The Kier molecular flexibility index (Phi) is 3.53. The van der Waals surface area contributed by atoms with Crippen molar-refractivity contribution in [2.45, 2.75) is 38.7 Å². The van der Waals surface area contributed by atoms with Crippen molar-refractivity contribution in [2.75, 3.05) is 6.61 Å². The Morgan fingerprint density at radius 1 is 1.50 bits per heavy atom. The van der Waals surface area contributed by atoms with Crippen LogP contribution in [0.2, 0.25) is 0 Å². The van der Waals surface area contributed by atoms with Gasteiger partial charge in [0.15, 0.2) is 0 Å². The Hall–Kier alpha value is -0.570. The normalized spacial score (nSPS) is 33.0. The van der Waals surface area contributed by atoms with Gasteiger partial charge in [-0.15, -0.1) is 0 Å². The first kappa shape index (κ1) is 9.52. The zero-order chi connectivity index (χ0) is 8.97.